The predicted molar refractivity (Wildman–Crippen MR) is 125 cm³/mol. The molecular formula is C19H19Cl2FN6O4S. The molecule has 1 aliphatic rings. The van der Waals surface area contributed by atoms with E-state index in [0.29, 0.717) is 5.69 Å². The molecule has 1 amide bonds. The van der Waals surface area contributed by atoms with Crippen molar-refractivity contribution in [1.29, 1.82) is 0 Å². The molecule has 2 aromatic carbocycles. The molecule has 0 aliphatic carbocycles. The molecule has 0 bridgehead atoms. The molecule has 14 heteroatoms. The van der Waals surface area contributed by atoms with Crippen LogP contribution in [-0.2, 0) is 15.0 Å². The van der Waals surface area contributed by atoms with Crippen LogP contribution in [0.1, 0.15) is 13.8 Å². The molecule has 0 aromatic heterocycles. The Hall–Kier alpha value is -3.09. The Kier molecular flexibility index (Phi) is 6.73. The largest absolute Gasteiger partial charge is 0.482 e. The maximum atomic E-state index is 13.1. The summed E-state index contributed by atoms with van der Waals surface area (Å²) in [6.07, 6.45) is 0. The van der Waals surface area contributed by atoms with E-state index in [2.05, 4.69) is 15.3 Å². The lowest BCUT2D eigenvalue weighted by Gasteiger charge is -2.38. The van der Waals surface area contributed by atoms with Gasteiger partial charge in [-0.2, -0.15) is 13.4 Å². The first-order valence-electron chi connectivity index (χ1n) is 9.24. The van der Waals surface area contributed by atoms with Crippen LogP contribution in [0.2, 0.25) is 10.0 Å². The number of hydrogen-bond acceptors (Lipinski definition) is 9. The Balaban J connectivity index is 1.67. The van der Waals surface area contributed by atoms with E-state index in [9.17, 15) is 17.1 Å². The normalized spacial score (nSPS) is 15.5. The van der Waals surface area contributed by atoms with Crippen LogP contribution < -0.4 is 26.4 Å². The minimum atomic E-state index is -4.97. The molecule has 1 heterocycles. The van der Waals surface area contributed by atoms with Gasteiger partial charge in [-0.25, -0.2) is 4.99 Å². The Morgan fingerprint density at radius 2 is 1.88 bits per heavy atom. The van der Waals surface area contributed by atoms with Gasteiger partial charge in [0.15, 0.2) is 6.61 Å². The van der Waals surface area contributed by atoms with E-state index < -0.39 is 33.3 Å². The summed E-state index contributed by atoms with van der Waals surface area (Å²) in [5, 5.41) is 2.29. The quantitative estimate of drug-likeness (QED) is 0.498. The number of aliphatic imine (C=N–C) groups is 2. The monoisotopic (exact) mass is 516 g/mol. The maximum absolute atomic E-state index is 13.1. The minimum Gasteiger partial charge on any atom is -0.482 e. The molecule has 0 unspecified atom stereocenters. The number of rotatable bonds is 6. The van der Waals surface area contributed by atoms with Crippen molar-refractivity contribution >= 4 is 62.6 Å². The molecule has 0 saturated carbocycles. The number of ether oxygens (including phenoxy) is 1. The predicted octanol–water partition coefficient (Wildman–Crippen LogP) is 2.85. The van der Waals surface area contributed by atoms with Crippen molar-refractivity contribution in [3.8, 4) is 5.75 Å². The zero-order valence-corrected chi connectivity index (χ0v) is 19.7. The van der Waals surface area contributed by atoms with Crippen molar-refractivity contribution in [2.45, 2.75) is 24.4 Å². The maximum Gasteiger partial charge on any atom is 0.333 e. The second-order valence-electron chi connectivity index (χ2n) is 7.30. The van der Waals surface area contributed by atoms with E-state index in [-0.39, 0.29) is 33.4 Å². The van der Waals surface area contributed by atoms with E-state index in [4.69, 9.17) is 39.4 Å². The van der Waals surface area contributed by atoms with Crippen molar-refractivity contribution in [3.05, 3.63) is 46.4 Å². The average molecular weight is 517 g/mol. The first-order chi connectivity index (χ1) is 15.3. The van der Waals surface area contributed by atoms with Crippen LogP contribution in [0.3, 0.4) is 0 Å². The third kappa shape index (κ3) is 5.64. The van der Waals surface area contributed by atoms with Gasteiger partial charge in [0, 0.05) is 11.4 Å². The third-order valence-electron chi connectivity index (χ3n) is 4.40. The van der Waals surface area contributed by atoms with Crippen molar-refractivity contribution in [2.24, 2.45) is 21.5 Å². The van der Waals surface area contributed by atoms with Gasteiger partial charge in [0.05, 0.1) is 10.0 Å². The van der Waals surface area contributed by atoms with Gasteiger partial charge < -0.3 is 21.5 Å². The SMILES string of the molecule is CC1(C)N=C(N)N=C(N)N1c1ccc(OCC(=O)Nc2ccc(S(=O)(=O)F)c(Cl)c2)c(Cl)c1. The lowest BCUT2D eigenvalue weighted by atomic mass is 10.1. The second kappa shape index (κ2) is 9.04. The summed E-state index contributed by atoms with van der Waals surface area (Å²) in [5.41, 5.74) is 11.6. The summed E-state index contributed by atoms with van der Waals surface area (Å²) in [4.78, 5) is 21.4. The van der Waals surface area contributed by atoms with Crippen molar-refractivity contribution < 1.29 is 21.8 Å². The number of benzene rings is 2. The Morgan fingerprint density at radius 3 is 2.45 bits per heavy atom. The lowest BCUT2D eigenvalue weighted by Crippen LogP contribution is -2.54. The number of anilines is 2. The van der Waals surface area contributed by atoms with Gasteiger partial charge in [0.1, 0.15) is 16.3 Å². The molecule has 0 atom stereocenters. The number of carbonyl (C=O) groups is 1. The molecule has 5 N–H and O–H groups in total. The van der Waals surface area contributed by atoms with Gasteiger partial charge in [-0.05, 0) is 50.2 Å². The fourth-order valence-corrected chi connectivity index (χ4v) is 4.32. The molecule has 1 aliphatic heterocycles. The van der Waals surface area contributed by atoms with Gasteiger partial charge >= 0.3 is 10.2 Å². The molecule has 3 rings (SSSR count). The fourth-order valence-electron chi connectivity index (χ4n) is 3.11. The number of guanidine groups is 2. The fraction of sp³-hybridized carbons (Fsp3) is 0.211. The third-order valence-corrected chi connectivity index (χ3v) is 6.01. The highest BCUT2D eigenvalue weighted by atomic mass is 35.5. The van der Waals surface area contributed by atoms with Gasteiger partial charge in [-0.15, -0.1) is 3.89 Å². The minimum absolute atomic E-state index is 0.0630. The van der Waals surface area contributed by atoms with Crippen LogP contribution in [0.4, 0.5) is 15.3 Å². The molecule has 33 heavy (non-hydrogen) atoms. The summed E-state index contributed by atoms with van der Waals surface area (Å²) in [5.74, 6) is -0.156. The first-order valence-corrected chi connectivity index (χ1v) is 11.4. The van der Waals surface area contributed by atoms with E-state index in [1.54, 1.807) is 36.9 Å². The first kappa shape index (κ1) is 24.6. The Bertz CT molecular complexity index is 1280. The van der Waals surface area contributed by atoms with E-state index in [0.717, 1.165) is 12.1 Å². The highest BCUT2D eigenvalue weighted by Crippen LogP contribution is 2.34. The molecule has 0 fully saturated rings. The molecule has 2 aromatic rings. The zero-order valence-electron chi connectivity index (χ0n) is 17.3. The second-order valence-corrected chi connectivity index (χ2v) is 9.43. The summed E-state index contributed by atoms with van der Waals surface area (Å²) < 4.78 is 40.5. The van der Waals surface area contributed by atoms with E-state index in [1.165, 1.54) is 6.07 Å². The number of hydrogen-bond donors (Lipinski definition) is 3. The highest BCUT2D eigenvalue weighted by molar-refractivity contribution is 7.86. The number of nitrogens with one attached hydrogen (secondary N) is 1. The number of nitrogens with zero attached hydrogens (tertiary/aromatic N) is 3. The van der Waals surface area contributed by atoms with Crippen LogP contribution in [0, 0.1) is 0 Å². The average Bonchev–Trinajstić information content (AvgIpc) is 2.64. The summed E-state index contributed by atoms with van der Waals surface area (Å²) >= 11 is 12.1. The van der Waals surface area contributed by atoms with Gasteiger partial charge in [0.25, 0.3) is 5.91 Å². The summed E-state index contributed by atoms with van der Waals surface area (Å²) in [6.45, 7) is 3.18. The molecule has 0 radical (unpaired) electrons. The molecular weight excluding hydrogens is 498 g/mol. The van der Waals surface area contributed by atoms with Gasteiger partial charge in [-0.3, -0.25) is 9.69 Å². The molecule has 0 saturated heterocycles. The van der Waals surface area contributed by atoms with Crippen molar-refractivity contribution in [2.75, 3.05) is 16.8 Å². The number of carbonyl (C=O) groups excluding carboxylic acids is 1. The van der Waals surface area contributed by atoms with E-state index >= 15 is 0 Å². The smallest absolute Gasteiger partial charge is 0.333 e. The number of halogens is 3. The Labute approximate surface area is 199 Å². The van der Waals surface area contributed by atoms with Crippen molar-refractivity contribution in [1.82, 2.24) is 0 Å². The molecule has 0 spiro atoms. The van der Waals surface area contributed by atoms with Gasteiger partial charge in [-0.1, -0.05) is 23.2 Å². The molecule has 176 valence electrons. The number of nitrogens with two attached hydrogens (primary N) is 2. The van der Waals surface area contributed by atoms with Crippen LogP contribution in [-0.4, -0.2) is 38.5 Å². The lowest BCUT2D eigenvalue weighted by molar-refractivity contribution is -0.118. The molecule has 10 nitrogen and oxygen atoms in total. The van der Waals surface area contributed by atoms with Crippen molar-refractivity contribution in [3.63, 3.8) is 0 Å². The highest BCUT2D eigenvalue weighted by Gasteiger charge is 2.33. The summed E-state index contributed by atoms with van der Waals surface area (Å²) in [6, 6.07) is 8.03. The van der Waals surface area contributed by atoms with Crippen LogP contribution in [0.15, 0.2) is 51.3 Å². The van der Waals surface area contributed by atoms with Crippen LogP contribution in [0.25, 0.3) is 0 Å². The van der Waals surface area contributed by atoms with Gasteiger partial charge in [0.2, 0.25) is 11.9 Å². The Morgan fingerprint density at radius 1 is 1.18 bits per heavy atom. The topological polar surface area (TPSA) is 152 Å². The zero-order chi connectivity index (χ0) is 24.6. The standard InChI is InChI=1S/C19H19Cl2FN6O4S/c1-19(2)27-17(23)26-18(24)28(19)11-4-5-14(12(20)8-11)32-9-16(29)25-10-3-6-15(13(21)7-10)33(22,30)31/h3-8H,9H2,1-2H3,(H,25,29)(H4,23,24,26,27). The number of amides is 1. The summed E-state index contributed by atoms with van der Waals surface area (Å²) in [7, 11) is -4.97. The van der Waals surface area contributed by atoms with Crippen LogP contribution in [0.5, 0.6) is 5.75 Å². The van der Waals surface area contributed by atoms with E-state index in [1.807, 2.05) is 0 Å². The van der Waals surface area contributed by atoms with Crippen LogP contribution >= 0.6 is 23.2 Å².